The van der Waals surface area contributed by atoms with Crippen molar-refractivity contribution in [1.29, 1.82) is 0 Å². The second-order valence-electron chi connectivity index (χ2n) is 6.11. The van der Waals surface area contributed by atoms with E-state index in [1.807, 2.05) is 5.32 Å². The number of hydrogen-bond acceptors (Lipinski definition) is 5. The predicted octanol–water partition coefficient (Wildman–Crippen LogP) is 4.86. The third kappa shape index (κ3) is 4.87. The van der Waals surface area contributed by atoms with Crippen molar-refractivity contribution in [3.8, 4) is 17.2 Å². The molecule has 3 rings (SSSR count). The number of rotatable bonds is 5. The number of nitrogens with one attached hydrogen (secondary N) is 1. The van der Waals surface area contributed by atoms with Gasteiger partial charge in [-0.1, -0.05) is 16.6 Å². The average Bonchev–Trinajstić information content (AvgIpc) is 2.74. The van der Waals surface area contributed by atoms with E-state index in [1.54, 1.807) is 0 Å². The Morgan fingerprint density at radius 1 is 1.24 bits per heavy atom. The molecular formula is C19H10ClF6N3O4. The van der Waals surface area contributed by atoms with Crippen LogP contribution in [-0.4, -0.2) is 17.9 Å². The molecule has 1 N–H and O–H groups in total. The normalized spacial score (nSPS) is 13.0. The lowest BCUT2D eigenvalue weighted by Crippen LogP contribution is -2.27. The van der Waals surface area contributed by atoms with Crippen molar-refractivity contribution >= 4 is 23.2 Å². The van der Waals surface area contributed by atoms with Gasteiger partial charge in [0.2, 0.25) is 11.6 Å². The number of halogens is 7. The van der Waals surface area contributed by atoms with Crippen LogP contribution in [0.1, 0.15) is 20.0 Å². The van der Waals surface area contributed by atoms with Gasteiger partial charge in [-0.3, -0.25) is 4.79 Å². The number of methoxy groups -OCH3 is 1. The third-order valence-electron chi connectivity index (χ3n) is 3.96. The zero-order valence-corrected chi connectivity index (χ0v) is 16.4. The van der Waals surface area contributed by atoms with E-state index < -0.39 is 70.0 Å². The van der Waals surface area contributed by atoms with E-state index in [0.29, 0.717) is 12.1 Å². The fraction of sp³-hybridized carbons (Fsp3) is 0.105. The van der Waals surface area contributed by atoms with Crippen LogP contribution in [0.4, 0.5) is 32.0 Å². The largest absolute Gasteiger partial charge is 0.711 e. The van der Waals surface area contributed by atoms with Gasteiger partial charge in [-0.2, -0.15) is 17.6 Å². The molecule has 14 heteroatoms. The lowest BCUT2D eigenvalue weighted by atomic mass is 10.1. The molecule has 33 heavy (non-hydrogen) atoms. The summed E-state index contributed by atoms with van der Waals surface area (Å²) in [6.07, 6.45) is -2.77. The first kappa shape index (κ1) is 19.9. The van der Waals surface area contributed by atoms with Crippen molar-refractivity contribution in [1.82, 2.24) is 4.98 Å². The minimum atomic E-state index is -5.27. The van der Waals surface area contributed by atoms with Crippen LogP contribution in [-0.2, 0) is 6.18 Å². The van der Waals surface area contributed by atoms with Gasteiger partial charge in [-0.15, -0.1) is 0 Å². The van der Waals surface area contributed by atoms with E-state index in [4.69, 9.17) is 20.5 Å². The maximum Gasteiger partial charge on any atom is 0.418 e. The first-order valence-electron chi connectivity index (χ1n) is 9.87. The molecule has 0 aliphatic heterocycles. The summed E-state index contributed by atoms with van der Waals surface area (Å²) < 4.78 is 114. The van der Waals surface area contributed by atoms with Gasteiger partial charge in [-0.25, -0.2) is 13.5 Å². The van der Waals surface area contributed by atoms with Gasteiger partial charge in [-0.05, 0) is 18.2 Å². The zero-order chi connectivity index (χ0) is 27.0. The highest BCUT2D eigenvalue weighted by molar-refractivity contribution is 6.32. The molecule has 1 amide bonds. The van der Waals surface area contributed by atoms with E-state index in [-0.39, 0.29) is 16.5 Å². The van der Waals surface area contributed by atoms with Crippen LogP contribution in [0.5, 0.6) is 17.2 Å². The van der Waals surface area contributed by atoms with Gasteiger partial charge in [0.15, 0.2) is 23.6 Å². The first-order chi connectivity index (χ1) is 16.6. The minimum Gasteiger partial charge on any atom is -0.711 e. The van der Waals surface area contributed by atoms with Gasteiger partial charge in [0.25, 0.3) is 12.2 Å². The number of aromatic nitrogens is 2. The highest BCUT2D eigenvalue weighted by Crippen LogP contribution is 2.43. The van der Waals surface area contributed by atoms with E-state index >= 15 is 0 Å². The molecule has 0 bridgehead atoms. The molecule has 3 aromatic rings. The molecule has 0 aliphatic rings. The molecule has 0 atom stereocenters. The van der Waals surface area contributed by atoms with Crippen LogP contribution in [0.3, 0.4) is 0 Å². The van der Waals surface area contributed by atoms with Crippen molar-refractivity contribution in [3.63, 3.8) is 0 Å². The summed E-state index contributed by atoms with van der Waals surface area (Å²) >= 11 is 5.49. The number of alkyl halides is 3. The first-order valence-corrected chi connectivity index (χ1v) is 8.75. The summed E-state index contributed by atoms with van der Waals surface area (Å²) in [6, 6.07) is 1.07. The number of nitrogens with zero attached hydrogens (tertiary/aromatic N) is 2. The standard InChI is InChI=1S/C19H10ClF6N3O4/c1-32-17-11(3-2-10(21)15(17)22)33-12-4-9(19(24,25)26)14(20)16(23)13(12)18(30)28-8-5-27-7-29(31)6-8/h2-7H,1H3,(H,28,30)/i1D3. The Morgan fingerprint density at radius 2 is 1.97 bits per heavy atom. The summed E-state index contributed by atoms with van der Waals surface area (Å²) in [7, 11) is -3.37. The minimum absolute atomic E-state index is 0.0811. The zero-order valence-electron chi connectivity index (χ0n) is 18.6. The van der Waals surface area contributed by atoms with Crippen LogP contribution in [0.25, 0.3) is 0 Å². The second-order valence-corrected chi connectivity index (χ2v) is 6.49. The lowest BCUT2D eigenvalue weighted by molar-refractivity contribution is -0.608. The molecular weight excluding hydrogens is 484 g/mol. The van der Waals surface area contributed by atoms with Crippen molar-refractivity contribution in [2.75, 3.05) is 12.4 Å². The number of hydrogen-bond donors (Lipinski definition) is 1. The van der Waals surface area contributed by atoms with Crippen LogP contribution in [0.2, 0.25) is 5.02 Å². The summed E-state index contributed by atoms with van der Waals surface area (Å²) in [5.41, 5.74) is -3.40. The Hall–Kier alpha value is -3.74. The van der Waals surface area contributed by atoms with E-state index in [0.717, 1.165) is 18.7 Å². The van der Waals surface area contributed by atoms with Crippen molar-refractivity contribution in [2.24, 2.45) is 0 Å². The van der Waals surface area contributed by atoms with Gasteiger partial charge < -0.3 is 20.0 Å². The SMILES string of the molecule is [2H]C([2H])([2H])Oc1c(Oc2cc(C(F)(F)F)c(Cl)c(F)c2C(=O)Nc2cnc[n+]([O-])c2)ccc(F)c1F. The fourth-order valence-electron chi connectivity index (χ4n) is 2.55. The predicted molar refractivity (Wildman–Crippen MR) is 101 cm³/mol. The van der Waals surface area contributed by atoms with Crippen LogP contribution in [0.15, 0.2) is 36.9 Å². The molecule has 1 aromatic heterocycles. The molecule has 0 saturated carbocycles. The topological polar surface area (TPSA) is 87.4 Å². The number of anilines is 1. The van der Waals surface area contributed by atoms with Crippen LogP contribution in [0, 0.1) is 22.7 Å². The monoisotopic (exact) mass is 496 g/mol. The molecule has 2 aromatic carbocycles. The molecule has 0 saturated heterocycles. The number of ether oxygens (including phenoxy) is 2. The van der Waals surface area contributed by atoms with Gasteiger partial charge >= 0.3 is 6.18 Å². The summed E-state index contributed by atoms with van der Waals surface area (Å²) in [6.45, 7) is 0. The van der Waals surface area contributed by atoms with Crippen molar-refractivity contribution in [2.45, 2.75) is 6.18 Å². The second kappa shape index (κ2) is 9.02. The molecule has 174 valence electrons. The highest BCUT2D eigenvalue weighted by Gasteiger charge is 2.38. The van der Waals surface area contributed by atoms with E-state index in [9.17, 15) is 36.3 Å². The Kier molecular flexibility index (Phi) is 5.44. The Bertz CT molecular complexity index is 1340. The number of carbonyl (C=O) groups excluding carboxylic acids is 1. The number of amides is 1. The van der Waals surface area contributed by atoms with Gasteiger partial charge in [0, 0.05) is 0 Å². The van der Waals surface area contributed by atoms with Crippen molar-refractivity contribution < 1.29 is 49.5 Å². The Morgan fingerprint density at radius 3 is 2.61 bits per heavy atom. The molecule has 0 radical (unpaired) electrons. The fourth-order valence-corrected chi connectivity index (χ4v) is 2.81. The molecule has 7 nitrogen and oxygen atoms in total. The molecule has 0 aliphatic carbocycles. The molecule has 0 spiro atoms. The maximum atomic E-state index is 15.0. The van der Waals surface area contributed by atoms with Gasteiger partial charge in [0.05, 0.1) is 21.7 Å². The Labute approximate surface area is 189 Å². The van der Waals surface area contributed by atoms with E-state index in [2.05, 4.69) is 9.72 Å². The lowest BCUT2D eigenvalue weighted by Gasteiger charge is -2.18. The number of benzene rings is 2. The summed E-state index contributed by atoms with van der Waals surface area (Å²) in [5, 5.41) is 11.8. The Balaban J connectivity index is 2.20. The van der Waals surface area contributed by atoms with Gasteiger partial charge in [0.1, 0.15) is 23.2 Å². The quantitative estimate of drug-likeness (QED) is 0.310. The maximum absolute atomic E-state index is 15.0. The number of carbonyl (C=O) groups is 1. The highest BCUT2D eigenvalue weighted by atomic mass is 35.5. The van der Waals surface area contributed by atoms with Crippen LogP contribution >= 0.6 is 11.6 Å². The summed E-state index contributed by atoms with van der Waals surface area (Å²) in [4.78, 5) is 16.2. The molecule has 1 heterocycles. The molecule has 0 fully saturated rings. The molecule has 0 unspecified atom stereocenters. The smallest absolute Gasteiger partial charge is 0.418 e. The summed E-state index contributed by atoms with van der Waals surface area (Å²) in [5.74, 6) is -10.6. The van der Waals surface area contributed by atoms with Crippen molar-refractivity contribution in [3.05, 3.63) is 75.7 Å². The third-order valence-corrected chi connectivity index (χ3v) is 4.33. The van der Waals surface area contributed by atoms with Crippen LogP contribution < -0.4 is 19.5 Å². The van der Waals surface area contributed by atoms with E-state index in [1.165, 1.54) is 0 Å². The average molecular weight is 497 g/mol.